The van der Waals surface area contributed by atoms with Crippen molar-refractivity contribution in [1.82, 2.24) is 4.57 Å². The Kier molecular flexibility index (Phi) is 6.35. The smallest absolute Gasteiger partial charge is 0.262 e. The molecule has 4 rings (SSSR count). The number of benzene rings is 2. The van der Waals surface area contributed by atoms with Crippen molar-refractivity contribution in [3.63, 3.8) is 0 Å². The molecular formula is C23H25BrN2O2. The molecule has 4 nitrogen and oxygen atoms in total. The van der Waals surface area contributed by atoms with Crippen LogP contribution in [0.15, 0.2) is 54.7 Å². The van der Waals surface area contributed by atoms with Crippen molar-refractivity contribution in [2.24, 2.45) is 0 Å². The number of Topliss-reactive ketones (excluding diaryl/α,β-unsaturated/α-hetero) is 1. The Balaban J connectivity index is 0.00000225. The lowest BCUT2D eigenvalue weighted by molar-refractivity contribution is -0.604. The normalized spacial score (nSPS) is 13.2. The molecule has 0 unspecified atom stereocenters. The minimum Gasteiger partial charge on any atom is -1.00 e. The molecule has 28 heavy (non-hydrogen) atoms. The van der Waals surface area contributed by atoms with Gasteiger partial charge in [-0.05, 0) is 50.5 Å². The monoisotopic (exact) mass is 440 g/mol. The summed E-state index contributed by atoms with van der Waals surface area (Å²) in [6.07, 6.45) is 6.88. The maximum Gasteiger partial charge on any atom is 0.262 e. The van der Waals surface area contributed by atoms with Gasteiger partial charge in [-0.25, -0.2) is 4.57 Å². The molecule has 1 aromatic heterocycles. The van der Waals surface area contributed by atoms with E-state index < -0.39 is 0 Å². The van der Waals surface area contributed by atoms with Crippen molar-refractivity contribution >= 4 is 5.78 Å². The third kappa shape index (κ3) is 3.76. The molecule has 0 bridgehead atoms. The third-order valence-corrected chi connectivity index (χ3v) is 5.35. The van der Waals surface area contributed by atoms with Crippen LogP contribution in [0.5, 0.6) is 5.75 Å². The molecule has 146 valence electrons. The SMILES string of the molecule is COc1ccccc1-[n+]1cc(-c2ccc(C(C)=O)cc2)n2c1CCCCC2.[Br-]. The number of para-hydroxylation sites is 2. The molecular weight excluding hydrogens is 416 g/mol. The van der Waals surface area contributed by atoms with Gasteiger partial charge in [0.2, 0.25) is 0 Å². The second-order valence-corrected chi connectivity index (χ2v) is 7.07. The van der Waals surface area contributed by atoms with E-state index in [1.807, 2.05) is 30.3 Å². The maximum absolute atomic E-state index is 11.6. The Labute approximate surface area is 176 Å². The number of imidazole rings is 1. The quantitative estimate of drug-likeness (QED) is 0.453. The van der Waals surface area contributed by atoms with Crippen molar-refractivity contribution in [1.29, 1.82) is 0 Å². The number of aromatic nitrogens is 2. The first kappa shape index (κ1) is 20.3. The van der Waals surface area contributed by atoms with E-state index in [0.29, 0.717) is 0 Å². The molecule has 5 heteroatoms. The van der Waals surface area contributed by atoms with E-state index in [1.165, 1.54) is 30.8 Å². The molecule has 0 N–H and O–H groups in total. The summed E-state index contributed by atoms with van der Waals surface area (Å²) in [5, 5.41) is 0. The predicted octanol–water partition coefficient (Wildman–Crippen LogP) is 1.37. The van der Waals surface area contributed by atoms with E-state index in [9.17, 15) is 4.79 Å². The summed E-state index contributed by atoms with van der Waals surface area (Å²) in [4.78, 5) is 11.6. The van der Waals surface area contributed by atoms with Crippen molar-refractivity contribution < 1.29 is 31.1 Å². The van der Waals surface area contributed by atoms with Crippen molar-refractivity contribution in [2.45, 2.75) is 39.2 Å². The zero-order chi connectivity index (χ0) is 18.8. The largest absolute Gasteiger partial charge is 1.00 e. The van der Waals surface area contributed by atoms with E-state index in [0.717, 1.165) is 35.5 Å². The second-order valence-electron chi connectivity index (χ2n) is 7.07. The number of hydrogen-bond acceptors (Lipinski definition) is 2. The van der Waals surface area contributed by atoms with Crippen LogP contribution in [0.2, 0.25) is 0 Å². The van der Waals surface area contributed by atoms with Crippen molar-refractivity contribution in [2.75, 3.05) is 7.11 Å². The first-order valence-electron chi connectivity index (χ1n) is 9.58. The highest BCUT2D eigenvalue weighted by Gasteiger charge is 2.28. The number of nitrogens with zero attached hydrogens (tertiary/aromatic N) is 2. The molecule has 0 atom stereocenters. The molecule has 0 aliphatic carbocycles. The molecule has 2 heterocycles. The van der Waals surface area contributed by atoms with Crippen LogP contribution in [-0.2, 0) is 13.0 Å². The van der Waals surface area contributed by atoms with Crippen LogP contribution in [0.4, 0.5) is 0 Å². The number of methoxy groups -OCH3 is 1. The molecule has 0 radical (unpaired) electrons. The summed E-state index contributed by atoms with van der Waals surface area (Å²) in [7, 11) is 1.72. The first-order chi connectivity index (χ1) is 13.2. The van der Waals surface area contributed by atoms with Crippen LogP contribution in [0.3, 0.4) is 0 Å². The molecule has 2 aromatic carbocycles. The molecule has 1 aliphatic heterocycles. The maximum atomic E-state index is 11.6. The molecule has 0 saturated heterocycles. The minimum absolute atomic E-state index is 0. The van der Waals surface area contributed by atoms with E-state index in [4.69, 9.17) is 4.74 Å². The summed E-state index contributed by atoms with van der Waals surface area (Å²) in [5.74, 6) is 2.28. The van der Waals surface area contributed by atoms with Gasteiger partial charge in [-0.1, -0.05) is 24.3 Å². The average Bonchev–Trinajstić information content (AvgIpc) is 2.88. The fourth-order valence-corrected chi connectivity index (χ4v) is 3.91. The lowest BCUT2D eigenvalue weighted by atomic mass is 10.1. The van der Waals surface area contributed by atoms with Crippen LogP contribution < -0.4 is 26.3 Å². The number of carbonyl (C=O) groups is 1. The topological polar surface area (TPSA) is 35.1 Å². The first-order valence-corrected chi connectivity index (χ1v) is 9.58. The van der Waals surface area contributed by atoms with Gasteiger partial charge in [0.1, 0.15) is 6.20 Å². The van der Waals surface area contributed by atoms with Gasteiger partial charge in [-0.2, -0.15) is 4.57 Å². The standard InChI is InChI=1S/C23H25N2O2.BrH/c1-17(26)18-11-13-19(14-12-18)21-16-25(20-8-5-6-9-22(20)27-2)23-10-4-3-7-15-24(21)23;/h5-6,8-9,11-14,16H,3-4,7,10,15H2,1-2H3;1H/q+1;/p-1. The van der Waals surface area contributed by atoms with Crippen LogP contribution >= 0.6 is 0 Å². The van der Waals surface area contributed by atoms with Crippen molar-refractivity contribution in [3.8, 4) is 22.7 Å². The zero-order valence-electron chi connectivity index (χ0n) is 16.3. The van der Waals surface area contributed by atoms with Gasteiger partial charge in [-0.3, -0.25) is 4.79 Å². The third-order valence-electron chi connectivity index (χ3n) is 5.35. The summed E-state index contributed by atoms with van der Waals surface area (Å²) >= 11 is 0. The lowest BCUT2D eigenvalue weighted by Gasteiger charge is -2.06. The molecule has 0 fully saturated rings. The Morgan fingerprint density at radius 2 is 1.79 bits per heavy atom. The van der Waals surface area contributed by atoms with E-state index in [-0.39, 0.29) is 22.8 Å². The molecule has 3 aromatic rings. The highest BCUT2D eigenvalue weighted by Crippen LogP contribution is 2.27. The van der Waals surface area contributed by atoms with Gasteiger partial charge in [0.05, 0.1) is 13.7 Å². The molecule has 0 saturated carbocycles. The van der Waals surface area contributed by atoms with E-state index >= 15 is 0 Å². The van der Waals surface area contributed by atoms with Gasteiger partial charge >= 0.3 is 0 Å². The summed E-state index contributed by atoms with van der Waals surface area (Å²) in [6.45, 7) is 2.62. The average molecular weight is 441 g/mol. The fraction of sp³-hybridized carbons (Fsp3) is 0.304. The fourth-order valence-electron chi connectivity index (χ4n) is 3.91. The zero-order valence-corrected chi connectivity index (χ0v) is 17.9. The van der Waals surface area contributed by atoms with Crippen LogP contribution in [0.25, 0.3) is 16.9 Å². The van der Waals surface area contributed by atoms with Crippen molar-refractivity contribution in [3.05, 3.63) is 66.1 Å². The highest BCUT2D eigenvalue weighted by atomic mass is 79.9. The van der Waals surface area contributed by atoms with Gasteiger partial charge < -0.3 is 21.7 Å². The van der Waals surface area contributed by atoms with Crippen LogP contribution in [0, 0.1) is 0 Å². The second kappa shape index (κ2) is 8.74. The highest BCUT2D eigenvalue weighted by molar-refractivity contribution is 5.94. The summed E-state index contributed by atoms with van der Waals surface area (Å²) in [5.41, 5.74) is 4.14. The van der Waals surface area contributed by atoms with Gasteiger partial charge in [0, 0.05) is 17.5 Å². The Morgan fingerprint density at radius 1 is 1.04 bits per heavy atom. The Bertz CT molecular complexity index is 977. The number of ketones is 1. The van der Waals surface area contributed by atoms with E-state index in [2.05, 4.69) is 33.5 Å². The number of carbonyl (C=O) groups excluding carboxylic acids is 1. The summed E-state index contributed by atoms with van der Waals surface area (Å²) < 4.78 is 10.3. The number of hydrogen-bond donors (Lipinski definition) is 0. The van der Waals surface area contributed by atoms with Gasteiger partial charge in [-0.15, -0.1) is 0 Å². The number of halogens is 1. The molecule has 1 aliphatic rings. The Hall–Kier alpha value is -2.40. The minimum atomic E-state index is 0. The Morgan fingerprint density at radius 3 is 2.50 bits per heavy atom. The predicted molar refractivity (Wildman–Crippen MR) is 106 cm³/mol. The van der Waals surface area contributed by atoms with E-state index in [1.54, 1.807) is 14.0 Å². The van der Waals surface area contributed by atoms with Gasteiger partial charge in [0.25, 0.3) is 5.82 Å². The van der Waals surface area contributed by atoms with Crippen LogP contribution in [-0.4, -0.2) is 17.5 Å². The number of rotatable bonds is 4. The lowest BCUT2D eigenvalue weighted by Crippen LogP contribution is -3.00. The molecule has 0 spiro atoms. The van der Waals surface area contributed by atoms with Gasteiger partial charge in [0.15, 0.2) is 22.9 Å². The summed E-state index contributed by atoms with van der Waals surface area (Å²) in [6, 6.07) is 16.1. The number of ether oxygens (including phenoxy) is 1. The number of fused-ring (bicyclic) bond motifs is 1. The van der Waals surface area contributed by atoms with Crippen LogP contribution in [0.1, 0.15) is 42.4 Å². The molecule has 0 amide bonds.